The van der Waals surface area contributed by atoms with E-state index in [-0.39, 0.29) is 19.1 Å². The van der Waals surface area contributed by atoms with Gasteiger partial charge in [0.15, 0.2) is 11.8 Å². The molecule has 0 unspecified atom stereocenters. The summed E-state index contributed by atoms with van der Waals surface area (Å²) in [5.41, 5.74) is 4.44. The molecule has 0 bridgehead atoms. The molecule has 0 spiro atoms. The molecule has 3 aromatic rings. The number of hydrogen-bond donors (Lipinski definition) is 0. The number of aliphatic imine (C=N–C) groups is 1. The van der Waals surface area contributed by atoms with Crippen LogP contribution in [-0.2, 0) is 14.3 Å². The van der Waals surface area contributed by atoms with Gasteiger partial charge in [-0.25, -0.2) is 9.79 Å². The topological polar surface area (TPSA) is 68.2 Å². The van der Waals surface area contributed by atoms with E-state index in [0.717, 1.165) is 22.5 Å². The summed E-state index contributed by atoms with van der Waals surface area (Å²) in [5, 5.41) is 0.568. The van der Waals surface area contributed by atoms with Gasteiger partial charge in [-0.1, -0.05) is 53.6 Å². The Bertz CT molecular complexity index is 1280. The Kier molecular flexibility index (Phi) is 7.67. The number of benzene rings is 3. The highest BCUT2D eigenvalue weighted by Gasteiger charge is 2.35. The summed E-state index contributed by atoms with van der Waals surface area (Å²) in [5.74, 6) is -0.128. The van der Waals surface area contributed by atoms with Gasteiger partial charge in [0.25, 0.3) is 5.91 Å². The minimum absolute atomic E-state index is 0.176. The monoisotopic (exact) mass is 486 g/mol. The molecule has 1 saturated heterocycles. The van der Waals surface area contributed by atoms with Crippen LogP contribution in [0, 0.1) is 13.8 Å². The number of rotatable bonds is 7. The van der Waals surface area contributed by atoms with Crippen molar-refractivity contribution in [2.24, 2.45) is 4.99 Å². The summed E-state index contributed by atoms with van der Waals surface area (Å²) in [6, 6.07) is 22.9. The Morgan fingerprint density at radius 3 is 2.31 bits per heavy atom. The molecule has 1 aliphatic heterocycles. The van der Waals surface area contributed by atoms with Crippen LogP contribution in [-0.4, -0.2) is 30.3 Å². The first-order valence-electron chi connectivity index (χ1n) is 11.3. The molecule has 4 rings (SSSR count). The predicted molar refractivity (Wildman–Crippen MR) is 141 cm³/mol. The molecule has 7 heteroatoms. The molecule has 6 nitrogen and oxygen atoms in total. The molecule has 3 aromatic carbocycles. The summed E-state index contributed by atoms with van der Waals surface area (Å²) in [7, 11) is 0. The normalized spacial score (nSPS) is 15.6. The van der Waals surface area contributed by atoms with Gasteiger partial charge in [-0.3, -0.25) is 9.69 Å². The van der Waals surface area contributed by atoms with Crippen molar-refractivity contribution < 1.29 is 19.1 Å². The lowest BCUT2D eigenvalue weighted by Crippen LogP contribution is -2.28. The maximum absolute atomic E-state index is 13.6. The third-order valence-electron chi connectivity index (χ3n) is 5.21. The Labute approximate surface area is 209 Å². The molecule has 1 aliphatic rings. The van der Waals surface area contributed by atoms with Crippen LogP contribution in [0.3, 0.4) is 0 Å². The Morgan fingerprint density at radius 2 is 1.63 bits per heavy atom. The first kappa shape index (κ1) is 24.3. The highest BCUT2D eigenvalue weighted by atomic mass is 32.2. The summed E-state index contributed by atoms with van der Waals surface area (Å²) < 4.78 is 10.6. The van der Waals surface area contributed by atoms with Crippen molar-refractivity contribution in [2.75, 3.05) is 18.1 Å². The third kappa shape index (κ3) is 6.00. The van der Waals surface area contributed by atoms with Gasteiger partial charge in [0, 0.05) is 5.56 Å². The summed E-state index contributed by atoms with van der Waals surface area (Å²) >= 11 is 1.30. The molecule has 1 amide bonds. The van der Waals surface area contributed by atoms with E-state index in [9.17, 15) is 9.59 Å². The van der Waals surface area contributed by atoms with Crippen LogP contribution < -0.4 is 9.64 Å². The molecule has 35 heavy (non-hydrogen) atoms. The molecular weight excluding hydrogens is 460 g/mol. The number of ether oxygens (including phenoxy) is 2. The predicted octanol–water partition coefficient (Wildman–Crippen LogP) is 6.05. The minimum atomic E-state index is -0.445. The van der Waals surface area contributed by atoms with Crippen molar-refractivity contribution in [2.45, 2.75) is 20.8 Å². The summed E-state index contributed by atoms with van der Waals surface area (Å²) in [6.45, 7) is 5.85. The molecule has 1 fully saturated rings. The lowest BCUT2D eigenvalue weighted by molar-refractivity contribution is -0.145. The second-order valence-corrected chi connectivity index (χ2v) is 8.96. The van der Waals surface area contributed by atoms with Crippen LogP contribution in [0.15, 0.2) is 82.7 Å². The zero-order chi connectivity index (χ0) is 24.8. The standard InChI is InChI=1S/C28H26N2O4S/c1-4-33-26(31)18-34-24-8-6-5-7-21(24)17-25-27(32)30(23-15-11-20(3)12-16-23)28(35-25)29-22-13-9-19(2)10-14-22/h5-17H,4,18H2,1-3H3/b25-17+,29-28?. The summed E-state index contributed by atoms with van der Waals surface area (Å²) in [4.78, 5) is 32.2. The van der Waals surface area contributed by atoms with Crippen molar-refractivity contribution in [1.82, 2.24) is 0 Å². The second-order valence-electron chi connectivity index (χ2n) is 7.95. The number of aryl methyl sites for hydroxylation is 2. The van der Waals surface area contributed by atoms with E-state index in [2.05, 4.69) is 0 Å². The van der Waals surface area contributed by atoms with E-state index >= 15 is 0 Å². The van der Waals surface area contributed by atoms with E-state index in [4.69, 9.17) is 14.5 Å². The fourth-order valence-electron chi connectivity index (χ4n) is 3.41. The van der Waals surface area contributed by atoms with E-state index in [1.807, 2.05) is 80.6 Å². The van der Waals surface area contributed by atoms with Gasteiger partial charge < -0.3 is 9.47 Å². The molecule has 0 aromatic heterocycles. The molecular formula is C28H26N2O4S. The van der Waals surface area contributed by atoms with Gasteiger partial charge in [-0.15, -0.1) is 0 Å². The van der Waals surface area contributed by atoms with E-state index in [1.165, 1.54) is 11.8 Å². The Morgan fingerprint density at radius 1 is 0.971 bits per heavy atom. The molecule has 0 N–H and O–H groups in total. The van der Waals surface area contributed by atoms with Crippen LogP contribution in [0.25, 0.3) is 6.08 Å². The van der Waals surface area contributed by atoms with Gasteiger partial charge in [0.2, 0.25) is 0 Å². The highest BCUT2D eigenvalue weighted by Crippen LogP contribution is 2.38. The molecule has 178 valence electrons. The average Bonchev–Trinajstić information content (AvgIpc) is 3.15. The van der Waals surface area contributed by atoms with Crippen LogP contribution >= 0.6 is 11.8 Å². The van der Waals surface area contributed by atoms with Gasteiger partial charge in [-0.05, 0) is 68.9 Å². The van der Waals surface area contributed by atoms with Crippen LogP contribution in [0.4, 0.5) is 11.4 Å². The largest absolute Gasteiger partial charge is 0.481 e. The number of para-hydroxylation sites is 1. The number of amides is 1. The number of esters is 1. The van der Waals surface area contributed by atoms with Crippen LogP contribution in [0.1, 0.15) is 23.6 Å². The lowest BCUT2D eigenvalue weighted by atomic mass is 10.1. The van der Waals surface area contributed by atoms with E-state index in [0.29, 0.717) is 21.4 Å². The number of nitrogens with zero attached hydrogens (tertiary/aromatic N) is 2. The molecule has 1 heterocycles. The van der Waals surface area contributed by atoms with E-state index < -0.39 is 5.97 Å². The Hall–Kier alpha value is -3.84. The van der Waals surface area contributed by atoms with Crippen LogP contribution in [0.5, 0.6) is 5.75 Å². The summed E-state index contributed by atoms with van der Waals surface area (Å²) in [6.07, 6.45) is 1.77. The SMILES string of the molecule is CCOC(=O)COc1ccccc1/C=C1/SC(=Nc2ccc(C)cc2)N(c2ccc(C)cc2)C1=O. The molecule has 0 saturated carbocycles. The maximum Gasteiger partial charge on any atom is 0.344 e. The van der Waals surface area contributed by atoms with E-state index in [1.54, 1.807) is 24.0 Å². The number of hydrogen-bond acceptors (Lipinski definition) is 6. The molecule has 0 atom stereocenters. The smallest absolute Gasteiger partial charge is 0.344 e. The van der Waals surface area contributed by atoms with Gasteiger partial charge in [0.05, 0.1) is 22.9 Å². The van der Waals surface area contributed by atoms with Crippen LogP contribution in [0.2, 0.25) is 0 Å². The maximum atomic E-state index is 13.6. The average molecular weight is 487 g/mol. The zero-order valence-electron chi connectivity index (χ0n) is 19.9. The number of amidine groups is 1. The van der Waals surface area contributed by atoms with Gasteiger partial charge >= 0.3 is 5.97 Å². The number of carbonyl (C=O) groups is 2. The van der Waals surface area contributed by atoms with Gasteiger partial charge in [0.1, 0.15) is 5.75 Å². The number of anilines is 1. The second kappa shape index (κ2) is 11.1. The zero-order valence-corrected chi connectivity index (χ0v) is 20.7. The van der Waals surface area contributed by atoms with Crippen molar-refractivity contribution in [3.05, 3.63) is 94.4 Å². The number of carbonyl (C=O) groups excluding carboxylic acids is 2. The van der Waals surface area contributed by atoms with Crippen molar-refractivity contribution >= 4 is 46.3 Å². The minimum Gasteiger partial charge on any atom is -0.481 e. The first-order chi connectivity index (χ1) is 16.9. The van der Waals surface area contributed by atoms with Crippen molar-refractivity contribution in [1.29, 1.82) is 0 Å². The third-order valence-corrected chi connectivity index (χ3v) is 6.18. The Balaban J connectivity index is 1.69. The highest BCUT2D eigenvalue weighted by molar-refractivity contribution is 8.19. The van der Waals surface area contributed by atoms with Crippen molar-refractivity contribution in [3.8, 4) is 5.75 Å². The lowest BCUT2D eigenvalue weighted by Gasteiger charge is -2.16. The first-order valence-corrected chi connectivity index (χ1v) is 12.1. The van der Waals surface area contributed by atoms with Gasteiger partial charge in [-0.2, -0.15) is 0 Å². The van der Waals surface area contributed by atoms with Crippen molar-refractivity contribution in [3.63, 3.8) is 0 Å². The molecule has 0 radical (unpaired) electrons. The molecule has 0 aliphatic carbocycles. The fourth-order valence-corrected chi connectivity index (χ4v) is 4.40. The fraction of sp³-hybridized carbons (Fsp3) is 0.179. The quantitative estimate of drug-likeness (QED) is 0.300. The number of thioether (sulfide) groups is 1.